The largest absolute Gasteiger partial charge is 0.416 e. The Bertz CT molecular complexity index is 564. The van der Waals surface area contributed by atoms with E-state index in [9.17, 15) is 13.2 Å². The van der Waals surface area contributed by atoms with Crippen LogP contribution in [0.15, 0.2) is 54.6 Å². The second kappa shape index (κ2) is 5.26. The highest BCUT2D eigenvalue weighted by atomic mass is 19.4. The summed E-state index contributed by atoms with van der Waals surface area (Å²) in [6.07, 6.45) is -4.36. The summed E-state index contributed by atoms with van der Waals surface area (Å²) in [5.74, 6) is 0. The molecular formula is C15H15F3N2. The Balaban J connectivity index is 2.43. The molecule has 0 saturated heterocycles. The Labute approximate surface area is 115 Å². The predicted octanol–water partition coefficient (Wildman–Crippen LogP) is 2.87. The molecule has 2 nitrogen and oxygen atoms in total. The first kappa shape index (κ1) is 14.6. The minimum absolute atomic E-state index is 0.0996. The van der Waals surface area contributed by atoms with Crippen molar-refractivity contribution in [1.29, 1.82) is 0 Å². The van der Waals surface area contributed by atoms with Crippen LogP contribution < -0.4 is 11.5 Å². The fourth-order valence-electron chi connectivity index (χ4n) is 2.09. The number of rotatable bonds is 3. The molecule has 0 aromatic heterocycles. The standard InChI is InChI=1S/C15H15F3N2/c16-15(17,18)13-8-6-12(7-9-13)14(20,10-19)11-4-2-1-3-5-11/h1-9H,10,19-20H2. The molecule has 2 rings (SSSR count). The van der Waals surface area contributed by atoms with Gasteiger partial charge in [0, 0.05) is 6.54 Å². The van der Waals surface area contributed by atoms with Gasteiger partial charge in [-0.2, -0.15) is 13.2 Å². The number of nitrogens with two attached hydrogens (primary N) is 2. The Morgan fingerprint density at radius 3 is 1.65 bits per heavy atom. The number of benzene rings is 2. The Hall–Kier alpha value is -1.85. The van der Waals surface area contributed by atoms with Crippen molar-refractivity contribution in [3.63, 3.8) is 0 Å². The zero-order chi connectivity index (χ0) is 14.8. The van der Waals surface area contributed by atoms with Gasteiger partial charge >= 0.3 is 6.18 Å². The van der Waals surface area contributed by atoms with Crippen LogP contribution in [0.5, 0.6) is 0 Å². The number of hydrogen-bond acceptors (Lipinski definition) is 2. The molecule has 20 heavy (non-hydrogen) atoms. The van der Waals surface area contributed by atoms with Gasteiger partial charge in [-0.15, -0.1) is 0 Å². The van der Waals surface area contributed by atoms with Gasteiger partial charge < -0.3 is 11.5 Å². The minimum Gasteiger partial charge on any atom is -0.328 e. The third-order valence-corrected chi connectivity index (χ3v) is 3.34. The van der Waals surface area contributed by atoms with Gasteiger partial charge in [-0.3, -0.25) is 0 Å². The van der Waals surface area contributed by atoms with Crippen molar-refractivity contribution in [1.82, 2.24) is 0 Å². The fourth-order valence-corrected chi connectivity index (χ4v) is 2.09. The van der Waals surface area contributed by atoms with Crippen LogP contribution in [0, 0.1) is 0 Å². The lowest BCUT2D eigenvalue weighted by atomic mass is 9.83. The molecule has 2 aromatic carbocycles. The molecule has 0 aliphatic rings. The molecule has 2 aromatic rings. The topological polar surface area (TPSA) is 52.0 Å². The maximum atomic E-state index is 12.6. The molecule has 0 heterocycles. The van der Waals surface area contributed by atoms with E-state index in [1.54, 1.807) is 0 Å². The van der Waals surface area contributed by atoms with Gasteiger partial charge in [0.2, 0.25) is 0 Å². The smallest absolute Gasteiger partial charge is 0.328 e. The van der Waals surface area contributed by atoms with Gasteiger partial charge in [0.15, 0.2) is 0 Å². The lowest BCUT2D eigenvalue weighted by Crippen LogP contribution is -2.45. The molecule has 1 atom stereocenters. The number of halogens is 3. The van der Waals surface area contributed by atoms with E-state index in [-0.39, 0.29) is 6.54 Å². The van der Waals surface area contributed by atoms with Crippen molar-refractivity contribution in [2.24, 2.45) is 11.5 Å². The second-order valence-corrected chi connectivity index (χ2v) is 4.62. The van der Waals surface area contributed by atoms with Crippen molar-refractivity contribution >= 4 is 0 Å². The lowest BCUT2D eigenvalue weighted by Gasteiger charge is -2.29. The van der Waals surface area contributed by atoms with Crippen LogP contribution in [0.1, 0.15) is 16.7 Å². The van der Waals surface area contributed by atoms with Crippen LogP contribution in [-0.4, -0.2) is 6.54 Å². The summed E-state index contributed by atoms with van der Waals surface area (Å²) in [5.41, 5.74) is 11.7. The summed E-state index contributed by atoms with van der Waals surface area (Å²) in [7, 11) is 0. The molecule has 4 N–H and O–H groups in total. The molecule has 1 unspecified atom stereocenters. The molecule has 0 aliphatic carbocycles. The Morgan fingerprint density at radius 1 is 0.750 bits per heavy atom. The van der Waals surface area contributed by atoms with Crippen LogP contribution in [0.4, 0.5) is 13.2 Å². The van der Waals surface area contributed by atoms with E-state index in [1.165, 1.54) is 12.1 Å². The molecule has 0 bridgehead atoms. The predicted molar refractivity (Wildman–Crippen MR) is 71.9 cm³/mol. The average molecular weight is 280 g/mol. The van der Waals surface area contributed by atoms with Crippen LogP contribution in [0.25, 0.3) is 0 Å². The SMILES string of the molecule is NCC(N)(c1ccccc1)c1ccc(C(F)(F)F)cc1. The van der Waals surface area contributed by atoms with Crippen molar-refractivity contribution in [3.05, 3.63) is 71.3 Å². The van der Waals surface area contributed by atoms with Crippen LogP contribution in [-0.2, 0) is 11.7 Å². The number of hydrogen-bond donors (Lipinski definition) is 2. The zero-order valence-electron chi connectivity index (χ0n) is 10.7. The van der Waals surface area contributed by atoms with Gasteiger partial charge in [-0.05, 0) is 23.3 Å². The first-order valence-corrected chi connectivity index (χ1v) is 6.10. The van der Waals surface area contributed by atoms with E-state index in [1.807, 2.05) is 30.3 Å². The van der Waals surface area contributed by atoms with Crippen molar-refractivity contribution in [2.75, 3.05) is 6.54 Å². The molecule has 0 radical (unpaired) electrons. The second-order valence-electron chi connectivity index (χ2n) is 4.62. The maximum Gasteiger partial charge on any atom is 0.416 e. The molecule has 0 aliphatic heterocycles. The van der Waals surface area contributed by atoms with Gasteiger partial charge in [-0.25, -0.2) is 0 Å². The van der Waals surface area contributed by atoms with Crippen LogP contribution in [0.3, 0.4) is 0 Å². The third-order valence-electron chi connectivity index (χ3n) is 3.34. The third kappa shape index (κ3) is 2.69. The summed E-state index contributed by atoms with van der Waals surface area (Å²) in [5, 5.41) is 0. The monoisotopic (exact) mass is 280 g/mol. The Kier molecular flexibility index (Phi) is 3.83. The molecule has 106 valence electrons. The van der Waals surface area contributed by atoms with Crippen LogP contribution in [0.2, 0.25) is 0 Å². The fraction of sp³-hybridized carbons (Fsp3) is 0.200. The normalized spacial score (nSPS) is 14.8. The Morgan fingerprint density at radius 2 is 1.20 bits per heavy atom. The molecular weight excluding hydrogens is 265 g/mol. The van der Waals surface area contributed by atoms with E-state index >= 15 is 0 Å². The molecule has 0 spiro atoms. The quantitative estimate of drug-likeness (QED) is 0.908. The minimum atomic E-state index is -4.36. The van der Waals surface area contributed by atoms with E-state index in [4.69, 9.17) is 11.5 Å². The zero-order valence-corrected chi connectivity index (χ0v) is 10.7. The summed E-state index contributed by atoms with van der Waals surface area (Å²) in [6, 6.07) is 13.9. The van der Waals surface area contributed by atoms with Crippen molar-refractivity contribution < 1.29 is 13.2 Å². The number of alkyl halides is 3. The molecule has 0 saturated carbocycles. The first-order valence-electron chi connectivity index (χ1n) is 6.10. The van der Waals surface area contributed by atoms with Gasteiger partial charge in [0.05, 0.1) is 11.1 Å². The molecule has 5 heteroatoms. The highest BCUT2D eigenvalue weighted by Crippen LogP contribution is 2.32. The van der Waals surface area contributed by atoms with E-state index in [0.717, 1.165) is 17.7 Å². The summed E-state index contributed by atoms with van der Waals surface area (Å²) in [6.45, 7) is 0.0996. The highest BCUT2D eigenvalue weighted by molar-refractivity contribution is 5.39. The van der Waals surface area contributed by atoms with E-state index in [2.05, 4.69) is 0 Å². The maximum absolute atomic E-state index is 12.6. The summed E-state index contributed by atoms with van der Waals surface area (Å²) in [4.78, 5) is 0. The summed E-state index contributed by atoms with van der Waals surface area (Å²) < 4.78 is 37.7. The van der Waals surface area contributed by atoms with Gasteiger partial charge in [0.25, 0.3) is 0 Å². The van der Waals surface area contributed by atoms with Gasteiger partial charge in [0.1, 0.15) is 0 Å². The average Bonchev–Trinajstić information content (AvgIpc) is 2.46. The molecule has 0 fully saturated rings. The van der Waals surface area contributed by atoms with Crippen LogP contribution >= 0.6 is 0 Å². The van der Waals surface area contributed by atoms with Crippen molar-refractivity contribution in [3.8, 4) is 0 Å². The highest BCUT2D eigenvalue weighted by Gasteiger charge is 2.32. The lowest BCUT2D eigenvalue weighted by molar-refractivity contribution is -0.137. The van der Waals surface area contributed by atoms with Crippen molar-refractivity contribution in [2.45, 2.75) is 11.7 Å². The van der Waals surface area contributed by atoms with E-state index in [0.29, 0.717) is 5.56 Å². The van der Waals surface area contributed by atoms with E-state index < -0.39 is 17.3 Å². The summed E-state index contributed by atoms with van der Waals surface area (Å²) >= 11 is 0. The molecule has 0 amide bonds. The first-order chi connectivity index (χ1) is 9.38. The van der Waals surface area contributed by atoms with Gasteiger partial charge in [-0.1, -0.05) is 42.5 Å².